The molecule has 0 saturated carbocycles. The smallest absolute Gasteiger partial charge is 0.328 e. The van der Waals surface area contributed by atoms with Crippen molar-refractivity contribution in [3.05, 3.63) is 66.4 Å². The summed E-state index contributed by atoms with van der Waals surface area (Å²) in [6.07, 6.45) is 1.90. The molecule has 0 radical (unpaired) electrons. The molecule has 0 unspecified atom stereocenters. The van der Waals surface area contributed by atoms with Gasteiger partial charge in [0.15, 0.2) is 0 Å². The molecule has 3 rings (SSSR count). The Hall–Kier alpha value is -2.75. The minimum absolute atomic E-state index is 0.257. The van der Waals surface area contributed by atoms with Crippen molar-refractivity contribution < 1.29 is 14.3 Å². The molecule has 0 spiro atoms. The zero-order chi connectivity index (χ0) is 16.2. The van der Waals surface area contributed by atoms with Gasteiger partial charge in [0.2, 0.25) is 0 Å². The lowest BCUT2D eigenvalue weighted by Gasteiger charge is -2.13. The summed E-state index contributed by atoms with van der Waals surface area (Å²) in [6, 6.07) is 17.5. The van der Waals surface area contributed by atoms with Crippen LogP contribution in [0.1, 0.15) is 18.5 Å². The lowest BCUT2D eigenvalue weighted by molar-refractivity contribution is -0.143. The number of esters is 1. The first-order valence-corrected chi connectivity index (χ1v) is 7.54. The fraction of sp³-hybridized carbons (Fsp3) is 0.211. The molecular weight excluding hydrogens is 290 g/mol. The van der Waals surface area contributed by atoms with Crippen molar-refractivity contribution in [1.29, 1.82) is 0 Å². The maximum atomic E-state index is 11.7. The van der Waals surface area contributed by atoms with Crippen LogP contribution < -0.4 is 4.74 Å². The quantitative estimate of drug-likeness (QED) is 0.670. The van der Waals surface area contributed by atoms with E-state index < -0.39 is 0 Å². The minimum atomic E-state index is -0.353. The third-order valence-electron chi connectivity index (χ3n) is 3.90. The summed E-state index contributed by atoms with van der Waals surface area (Å²) in [5.41, 5.74) is 2.11. The molecule has 3 aromatic rings. The first-order chi connectivity index (χ1) is 11.2. The van der Waals surface area contributed by atoms with Crippen LogP contribution in [0.4, 0.5) is 0 Å². The Balaban J connectivity index is 1.79. The molecule has 1 atom stereocenters. The van der Waals surface area contributed by atoms with Gasteiger partial charge in [0.25, 0.3) is 0 Å². The van der Waals surface area contributed by atoms with Crippen LogP contribution in [0.2, 0.25) is 0 Å². The number of hydrogen-bond donors (Lipinski definition) is 0. The molecule has 0 amide bonds. The number of nitrogens with zero attached hydrogens (tertiary/aromatic N) is 1. The third kappa shape index (κ3) is 3.21. The van der Waals surface area contributed by atoms with Gasteiger partial charge in [-0.3, -0.25) is 0 Å². The largest absolute Gasteiger partial charge is 0.489 e. The number of aromatic nitrogens is 1. The summed E-state index contributed by atoms with van der Waals surface area (Å²) >= 11 is 0. The number of fused-ring (bicyclic) bond motifs is 1. The second-order valence-electron chi connectivity index (χ2n) is 5.42. The second-order valence-corrected chi connectivity index (χ2v) is 5.42. The van der Waals surface area contributed by atoms with Crippen molar-refractivity contribution in [3.8, 4) is 5.75 Å². The molecule has 0 aliphatic rings. The second kappa shape index (κ2) is 6.57. The summed E-state index contributed by atoms with van der Waals surface area (Å²) in [6.45, 7) is 2.36. The molecule has 4 nitrogen and oxygen atoms in total. The normalized spacial score (nSPS) is 12.1. The Kier molecular flexibility index (Phi) is 4.33. The van der Waals surface area contributed by atoms with E-state index in [1.165, 1.54) is 7.11 Å². The molecule has 0 aliphatic carbocycles. The zero-order valence-electron chi connectivity index (χ0n) is 13.2. The average Bonchev–Trinajstić information content (AvgIpc) is 3.02. The van der Waals surface area contributed by atoms with Crippen LogP contribution in [0.5, 0.6) is 5.75 Å². The Morgan fingerprint density at radius 2 is 1.91 bits per heavy atom. The van der Waals surface area contributed by atoms with E-state index in [-0.39, 0.29) is 12.0 Å². The molecule has 0 fully saturated rings. The van der Waals surface area contributed by atoms with Crippen molar-refractivity contribution in [1.82, 2.24) is 4.57 Å². The first kappa shape index (κ1) is 15.2. The monoisotopic (exact) mass is 309 g/mol. The highest BCUT2D eigenvalue weighted by atomic mass is 16.5. The van der Waals surface area contributed by atoms with Gasteiger partial charge in [-0.1, -0.05) is 30.3 Å². The Bertz CT molecular complexity index is 808. The molecule has 118 valence electrons. The summed E-state index contributed by atoms with van der Waals surface area (Å²) in [4.78, 5) is 11.7. The van der Waals surface area contributed by atoms with E-state index in [4.69, 9.17) is 9.47 Å². The molecule has 0 N–H and O–H groups in total. The molecular formula is C19H19NO3. The van der Waals surface area contributed by atoms with Gasteiger partial charge in [0.1, 0.15) is 18.4 Å². The number of methoxy groups -OCH3 is 1. The fourth-order valence-electron chi connectivity index (χ4n) is 2.59. The molecule has 0 aliphatic heterocycles. The third-order valence-corrected chi connectivity index (χ3v) is 3.90. The molecule has 4 heteroatoms. The average molecular weight is 309 g/mol. The van der Waals surface area contributed by atoms with Crippen LogP contribution in [0.25, 0.3) is 10.9 Å². The summed E-state index contributed by atoms with van der Waals surface area (Å²) in [7, 11) is 1.40. The van der Waals surface area contributed by atoms with Crippen molar-refractivity contribution in [2.75, 3.05) is 7.11 Å². The van der Waals surface area contributed by atoms with Gasteiger partial charge in [-0.15, -0.1) is 0 Å². The lowest BCUT2D eigenvalue weighted by atomic mass is 10.2. The Morgan fingerprint density at radius 1 is 1.13 bits per heavy atom. The predicted molar refractivity (Wildman–Crippen MR) is 89.4 cm³/mol. The minimum Gasteiger partial charge on any atom is -0.489 e. The highest BCUT2D eigenvalue weighted by Gasteiger charge is 2.16. The van der Waals surface area contributed by atoms with Crippen LogP contribution in [-0.4, -0.2) is 17.6 Å². The molecule has 1 heterocycles. The van der Waals surface area contributed by atoms with Crippen LogP contribution >= 0.6 is 0 Å². The number of rotatable bonds is 5. The standard InChI is InChI=1S/C19H19NO3/c1-14(19(21)22-2)20-11-10-16-12-17(8-9-18(16)20)23-13-15-6-4-3-5-7-15/h3-12,14H,13H2,1-2H3/t14-/m1/s1. The number of hydrogen-bond acceptors (Lipinski definition) is 3. The van der Waals surface area contributed by atoms with Crippen molar-refractivity contribution >= 4 is 16.9 Å². The van der Waals surface area contributed by atoms with E-state index in [1.807, 2.05) is 72.3 Å². The van der Waals surface area contributed by atoms with Crippen LogP contribution in [-0.2, 0) is 16.1 Å². The Morgan fingerprint density at radius 3 is 2.65 bits per heavy atom. The van der Waals surface area contributed by atoms with Crippen LogP contribution in [0.3, 0.4) is 0 Å². The van der Waals surface area contributed by atoms with E-state index in [0.29, 0.717) is 6.61 Å². The fourth-order valence-corrected chi connectivity index (χ4v) is 2.59. The van der Waals surface area contributed by atoms with Gasteiger partial charge < -0.3 is 14.0 Å². The van der Waals surface area contributed by atoms with Gasteiger partial charge in [0.05, 0.1) is 7.11 Å². The van der Waals surface area contributed by atoms with Crippen LogP contribution in [0, 0.1) is 0 Å². The summed E-state index contributed by atoms with van der Waals surface area (Å²) < 4.78 is 12.6. The van der Waals surface area contributed by atoms with E-state index >= 15 is 0 Å². The number of carbonyl (C=O) groups excluding carboxylic acids is 1. The first-order valence-electron chi connectivity index (χ1n) is 7.54. The molecule has 23 heavy (non-hydrogen) atoms. The van der Waals surface area contributed by atoms with E-state index in [1.54, 1.807) is 0 Å². The zero-order valence-corrected chi connectivity index (χ0v) is 13.2. The maximum absolute atomic E-state index is 11.7. The van der Waals surface area contributed by atoms with E-state index in [2.05, 4.69) is 0 Å². The molecule has 1 aromatic heterocycles. The van der Waals surface area contributed by atoms with Crippen LogP contribution in [0.15, 0.2) is 60.8 Å². The summed E-state index contributed by atoms with van der Waals surface area (Å²) in [5.74, 6) is 0.553. The highest BCUT2D eigenvalue weighted by molar-refractivity contribution is 5.84. The van der Waals surface area contributed by atoms with Gasteiger partial charge in [-0.05, 0) is 36.8 Å². The molecule has 2 aromatic carbocycles. The van der Waals surface area contributed by atoms with Gasteiger partial charge >= 0.3 is 5.97 Å². The molecule has 0 bridgehead atoms. The number of benzene rings is 2. The highest BCUT2D eigenvalue weighted by Crippen LogP contribution is 2.25. The number of ether oxygens (including phenoxy) is 2. The Labute approximate surface area is 135 Å². The van der Waals surface area contributed by atoms with Gasteiger partial charge in [-0.2, -0.15) is 0 Å². The van der Waals surface area contributed by atoms with Gasteiger partial charge in [0, 0.05) is 17.1 Å². The molecule has 0 saturated heterocycles. The summed E-state index contributed by atoms with van der Waals surface area (Å²) in [5, 5.41) is 1.03. The lowest BCUT2D eigenvalue weighted by Crippen LogP contribution is -2.16. The SMILES string of the molecule is COC(=O)[C@@H](C)n1ccc2cc(OCc3ccccc3)ccc21. The number of carbonyl (C=O) groups is 1. The van der Waals surface area contributed by atoms with E-state index in [9.17, 15) is 4.79 Å². The van der Waals surface area contributed by atoms with Crippen molar-refractivity contribution in [2.24, 2.45) is 0 Å². The van der Waals surface area contributed by atoms with E-state index in [0.717, 1.165) is 22.2 Å². The topological polar surface area (TPSA) is 40.5 Å². The maximum Gasteiger partial charge on any atom is 0.328 e. The predicted octanol–water partition coefficient (Wildman–Crippen LogP) is 3.95. The van der Waals surface area contributed by atoms with Crippen molar-refractivity contribution in [2.45, 2.75) is 19.6 Å². The van der Waals surface area contributed by atoms with Gasteiger partial charge in [-0.25, -0.2) is 4.79 Å². The van der Waals surface area contributed by atoms with Crippen molar-refractivity contribution in [3.63, 3.8) is 0 Å².